The number of para-hydroxylation sites is 1. The van der Waals surface area contributed by atoms with Crippen LogP contribution in [0.4, 0.5) is 11.4 Å². The summed E-state index contributed by atoms with van der Waals surface area (Å²) in [5.41, 5.74) is 14.3. The summed E-state index contributed by atoms with van der Waals surface area (Å²) < 4.78 is 12.2. The lowest BCUT2D eigenvalue weighted by atomic mass is 10.1. The second-order valence-electron chi connectivity index (χ2n) is 7.13. The molecular formula is C23H34N2O2. The van der Waals surface area contributed by atoms with E-state index in [1.165, 1.54) is 38.5 Å². The monoisotopic (exact) mass is 370 g/mol. The fraction of sp³-hybridized carbons (Fsp3) is 0.478. The van der Waals surface area contributed by atoms with Gasteiger partial charge < -0.3 is 20.9 Å². The number of unbranched alkanes of at least 4 members (excludes halogenated alkanes) is 6. The molecule has 0 amide bonds. The second kappa shape index (κ2) is 11.4. The van der Waals surface area contributed by atoms with Crippen molar-refractivity contribution in [1.82, 2.24) is 0 Å². The molecule has 0 aliphatic heterocycles. The Balaban J connectivity index is 1.93. The van der Waals surface area contributed by atoms with Crippen molar-refractivity contribution in [3.63, 3.8) is 0 Å². The number of nitrogens with two attached hydrogens (primary N) is 2. The highest BCUT2D eigenvalue weighted by atomic mass is 16.7. The number of hydrogen-bond acceptors (Lipinski definition) is 4. The number of nitrogen functional groups attached to an aromatic ring is 2. The first-order valence-corrected chi connectivity index (χ1v) is 10.1. The maximum absolute atomic E-state index is 6.17. The third-order valence-corrected chi connectivity index (χ3v) is 4.73. The first-order chi connectivity index (χ1) is 13.1. The molecule has 0 radical (unpaired) electrons. The molecule has 0 saturated heterocycles. The van der Waals surface area contributed by atoms with Gasteiger partial charge in [0.25, 0.3) is 0 Å². The summed E-state index contributed by atoms with van der Waals surface area (Å²) in [5.74, 6) is 1.43. The Morgan fingerprint density at radius 1 is 0.815 bits per heavy atom. The molecule has 0 heterocycles. The SMILES string of the molecule is CCCCCCCCCC(Oc1ccc(N)cc1)Oc1cccc(C)c1N. The van der Waals surface area contributed by atoms with Crippen molar-refractivity contribution in [3.05, 3.63) is 48.0 Å². The molecular weight excluding hydrogens is 336 g/mol. The maximum atomic E-state index is 6.17. The van der Waals surface area contributed by atoms with Crippen molar-refractivity contribution in [3.8, 4) is 11.5 Å². The van der Waals surface area contributed by atoms with Gasteiger partial charge in [0.05, 0.1) is 5.69 Å². The zero-order chi connectivity index (χ0) is 19.5. The van der Waals surface area contributed by atoms with Crippen molar-refractivity contribution in [2.24, 2.45) is 0 Å². The quantitative estimate of drug-likeness (QED) is 0.270. The summed E-state index contributed by atoms with van der Waals surface area (Å²) in [6, 6.07) is 13.2. The molecule has 148 valence electrons. The van der Waals surface area contributed by atoms with E-state index in [1.54, 1.807) is 0 Å². The molecule has 0 fully saturated rings. The van der Waals surface area contributed by atoms with Crippen molar-refractivity contribution in [2.75, 3.05) is 11.5 Å². The molecule has 0 bridgehead atoms. The van der Waals surface area contributed by atoms with Crippen LogP contribution in [0.2, 0.25) is 0 Å². The van der Waals surface area contributed by atoms with Crippen LogP contribution in [0.5, 0.6) is 11.5 Å². The zero-order valence-corrected chi connectivity index (χ0v) is 16.7. The molecule has 0 aliphatic rings. The number of hydrogen-bond donors (Lipinski definition) is 2. The summed E-state index contributed by atoms with van der Waals surface area (Å²) >= 11 is 0. The fourth-order valence-electron chi connectivity index (χ4n) is 3.01. The van der Waals surface area contributed by atoms with Crippen molar-refractivity contribution >= 4 is 11.4 Å². The van der Waals surface area contributed by atoms with Crippen LogP contribution in [0.1, 0.15) is 63.9 Å². The van der Waals surface area contributed by atoms with E-state index < -0.39 is 0 Å². The van der Waals surface area contributed by atoms with Gasteiger partial charge in [-0.2, -0.15) is 0 Å². The molecule has 0 aromatic heterocycles. The third-order valence-electron chi connectivity index (χ3n) is 4.73. The lowest BCUT2D eigenvalue weighted by molar-refractivity contribution is -0.00191. The normalized spacial score (nSPS) is 11.9. The van der Waals surface area contributed by atoms with Crippen LogP contribution in [-0.4, -0.2) is 6.29 Å². The van der Waals surface area contributed by atoms with Crippen LogP contribution >= 0.6 is 0 Å². The molecule has 4 N–H and O–H groups in total. The minimum atomic E-state index is -0.367. The lowest BCUT2D eigenvalue weighted by Gasteiger charge is -2.22. The summed E-state index contributed by atoms with van der Waals surface area (Å²) in [5, 5.41) is 0. The standard InChI is InChI=1S/C23H34N2O2/c1-3-4-5-6-7-8-9-13-22(26-20-16-14-19(24)15-17-20)27-21-12-10-11-18(2)23(21)25/h10-12,14-17,22H,3-9,13,24-25H2,1-2H3. The molecule has 0 saturated carbocycles. The van der Waals surface area contributed by atoms with Gasteiger partial charge in [0.2, 0.25) is 6.29 Å². The highest BCUT2D eigenvalue weighted by Crippen LogP contribution is 2.27. The fourth-order valence-corrected chi connectivity index (χ4v) is 3.01. The van der Waals surface area contributed by atoms with E-state index >= 15 is 0 Å². The summed E-state index contributed by atoms with van der Waals surface area (Å²) in [7, 11) is 0. The van der Waals surface area contributed by atoms with E-state index in [0.717, 1.165) is 29.8 Å². The molecule has 2 rings (SSSR count). The van der Waals surface area contributed by atoms with E-state index in [4.69, 9.17) is 20.9 Å². The topological polar surface area (TPSA) is 70.5 Å². The molecule has 0 aliphatic carbocycles. The summed E-state index contributed by atoms with van der Waals surface area (Å²) in [6.07, 6.45) is 9.24. The highest BCUT2D eigenvalue weighted by Gasteiger charge is 2.15. The Kier molecular flexibility index (Phi) is 8.82. The van der Waals surface area contributed by atoms with Crippen LogP contribution in [-0.2, 0) is 0 Å². The Morgan fingerprint density at radius 2 is 1.48 bits per heavy atom. The van der Waals surface area contributed by atoms with Gasteiger partial charge in [0.1, 0.15) is 11.5 Å². The van der Waals surface area contributed by atoms with Crippen molar-refractivity contribution < 1.29 is 9.47 Å². The van der Waals surface area contributed by atoms with E-state index in [-0.39, 0.29) is 6.29 Å². The van der Waals surface area contributed by atoms with Crippen LogP contribution in [0.3, 0.4) is 0 Å². The van der Waals surface area contributed by atoms with Gasteiger partial charge in [-0.3, -0.25) is 0 Å². The van der Waals surface area contributed by atoms with Gasteiger partial charge in [-0.05, 0) is 49.2 Å². The molecule has 27 heavy (non-hydrogen) atoms. The van der Waals surface area contributed by atoms with Gasteiger partial charge in [0, 0.05) is 12.1 Å². The van der Waals surface area contributed by atoms with Crippen molar-refractivity contribution in [1.29, 1.82) is 0 Å². The molecule has 4 nitrogen and oxygen atoms in total. The highest BCUT2D eigenvalue weighted by molar-refractivity contribution is 5.57. The first-order valence-electron chi connectivity index (χ1n) is 10.1. The Hall–Kier alpha value is -2.36. The molecule has 1 atom stereocenters. The number of ether oxygens (including phenoxy) is 2. The predicted octanol–water partition coefficient (Wildman–Crippen LogP) is 6.08. The maximum Gasteiger partial charge on any atom is 0.241 e. The number of aryl methyl sites for hydroxylation is 1. The Bertz CT molecular complexity index is 671. The third kappa shape index (κ3) is 7.41. The smallest absolute Gasteiger partial charge is 0.241 e. The van der Waals surface area contributed by atoms with Crippen LogP contribution in [0.25, 0.3) is 0 Å². The van der Waals surface area contributed by atoms with Crippen molar-refractivity contribution in [2.45, 2.75) is 71.5 Å². The minimum absolute atomic E-state index is 0.367. The Labute approximate surface area is 163 Å². The average molecular weight is 371 g/mol. The predicted molar refractivity (Wildman–Crippen MR) is 114 cm³/mol. The first kappa shape index (κ1) is 20.9. The van der Waals surface area contributed by atoms with E-state index in [1.807, 2.05) is 49.4 Å². The molecule has 1 unspecified atom stereocenters. The van der Waals surface area contributed by atoms with Crippen LogP contribution < -0.4 is 20.9 Å². The largest absolute Gasteiger partial charge is 0.455 e. The van der Waals surface area contributed by atoms with Gasteiger partial charge in [-0.1, -0.05) is 57.6 Å². The number of rotatable bonds is 12. The van der Waals surface area contributed by atoms with E-state index in [0.29, 0.717) is 11.4 Å². The van der Waals surface area contributed by atoms with Crippen LogP contribution in [0, 0.1) is 6.92 Å². The number of anilines is 2. The van der Waals surface area contributed by atoms with Gasteiger partial charge in [0.15, 0.2) is 0 Å². The minimum Gasteiger partial charge on any atom is -0.455 e. The lowest BCUT2D eigenvalue weighted by Crippen LogP contribution is -2.24. The number of benzene rings is 2. The molecule has 4 heteroatoms. The average Bonchev–Trinajstić information content (AvgIpc) is 2.66. The summed E-state index contributed by atoms with van der Waals surface area (Å²) in [4.78, 5) is 0. The molecule has 0 spiro atoms. The molecule has 2 aromatic carbocycles. The van der Waals surface area contributed by atoms with Gasteiger partial charge in [-0.25, -0.2) is 0 Å². The summed E-state index contributed by atoms with van der Waals surface area (Å²) in [6.45, 7) is 4.22. The zero-order valence-electron chi connectivity index (χ0n) is 16.7. The Morgan fingerprint density at radius 3 is 2.19 bits per heavy atom. The van der Waals surface area contributed by atoms with Gasteiger partial charge in [-0.15, -0.1) is 0 Å². The van der Waals surface area contributed by atoms with Crippen LogP contribution in [0.15, 0.2) is 42.5 Å². The van der Waals surface area contributed by atoms with Gasteiger partial charge >= 0.3 is 0 Å². The van der Waals surface area contributed by atoms with E-state index in [9.17, 15) is 0 Å². The second-order valence-corrected chi connectivity index (χ2v) is 7.13. The van der Waals surface area contributed by atoms with E-state index in [2.05, 4.69) is 6.92 Å². The molecule has 2 aromatic rings.